The van der Waals surface area contributed by atoms with Crippen LogP contribution in [-0.4, -0.2) is 62.8 Å². The van der Waals surface area contributed by atoms with Crippen LogP contribution in [0.3, 0.4) is 0 Å². The monoisotopic (exact) mass is 369 g/mol. The van der Waals surface area contributed by atoms with Gasteiger partial charge in [-0.15, -0.1) is 0 Å². The first kappa shape index (κ1) is 19.2. The van der Waals surface area contributed by atoms with Crippen molar-refractivity contribution in [3.63, 3.8) is 0 Å². The first-order valence-electron chi connectivity index (χ1n) is 8.09. The van der Waals surface area contributed by atoms with Gasteiger partial charge in [0.15, 0.2) is 22.2 Å². The molecule has 7 nitrogen and oxygen atoms in total. The van der Waals surface area contributed by atoms with E-state index >= 15 is 0 Å². The van der Waals surface area contributed by atoms with Crippen LogP contribution in [0.4, 0.5) is 0 Å². The van der Waals surface area contributed by atoms with Crippen molar-refractivity contribution in [1.82, 2.24) is 4.90 Å². The molecular formula is C17H23NO6S. The smallest absolute Gasteiger partial charge is 0.260 e. The summed E-state index contributed by atoms with van der Waals surface area (Å²) in [5.41, 5.74) is 0.361. The SMILES string of the molecule is CCN(C(=O)COc1cc(OC)ccc1C(C)=O)[C@@H]1CCS(=O)(=O)C1. The molecular weight excluding hydrogens is 346 g/mol. The molecule has 0 spiro atoms. The minimum atomic E-state index is -3.07. The largest absolute Gasteiger partial charge is 0.497 e. The lowest BCUT2D eigenvalue weighted by Crippen LogP contribution is -2.43. The van der Waals surface area contributed by atoms with Gasteiger partial charge in [-0.1, -0.05) is 0 Å². The van der Waals surface area contributed by atoms with Gasteiger partial charge in [0.25, 0.3) is 5.91 Å². The van der Waals surface area contributed by atoms with Crippen molar-refractivity contribution in [1.29, 1.82) is 0 Å². The summed E-state index contributed by atoms with van der Waals surface area (Å²) in [6, 6.07) is 4.47. The number of carbonyl (C=O) groups is 2. The summed E-state index contributed by atoms with van der Waals surface area (Å²) < 4.78 is 33.9. The molecule has 0 N–H and O–H groups in total. The third-order valence-corrected chi connectivity index (χ3v) is 5.98. The van der Waals surface area contributed by atoms with Crippen molar-refractivity contribution in [2.75, 3.05) is 31.8 Å². The lowest BCUT2D eigenvalue weighted by Gasteiger charge is -2.27. The molecule has 0 radical (unpaired) electrons. The fraction of sp³-hybridized carbons (Fsp3) is 0.529. The average molecular weight is 369 g/mol. The lowest BCUT2D eigenvalue weighted by atomic mass is 10.1. The predicted octanol–water partition coefficient (Wildman–Crippen LogP) is 1.31. The molecule has 0 aliphatic carbocycles. The normalized spacial score (nSPS) is 18.6. The molecule has 1 heterocycles. The van der Waals surface area contributed by atoms with E-state index < -0.39 is 9.84 Å². The standard InChI is InChI=1S/C17H23NO6S/c1-4-18(13-7-8-25(21,22)11-13)17(20)10-24-16-9-14(23-3)5-6-15(16)12(2)19/h5-6,9,13H,4,7-8,10-11H2,1-3H3/t13-/m1/s1. The minimum Gasteiger partial charge on any atom is -0.497 e. The van der Waals surface area contributed by atoms with E-state index in [1.165, 1.54) is 18.9 Å². The molecule has 2 rings (SSSR count). The highest BCUT2D eigenvalue weighted by Gasteiger charge is 2.34. The summed E-state index contributed by atoms with van der Waals surface area (Å²) >= 11 is 0. The fourth-order valence-corrected chi connectivity index (χ4v) is 4.65. The predicted molar refractivity (Wildman–Crippen MR) is 92.9 cm³/mol. The van der Waals surface area contributed by atoms with Gasteiger partial charge in [-0.3, -0.25) is 9.59 Å². The molecule has 0 bridgehead atoms. The highest BCUT2D eigenvalue weighted by atomic mass is 32.2. The van der Waals surface area contributed by atoms with E-state index in [2.05, 4.69) is 0 Å². The molecule has 138 valence electrons. The van der Waals surface area contributed by atoms with E-state index in [4.69, 9.17) is 9.47 Å². The quantitative estimate of drug-likeness (QED) is 0.673. The van der Waals surface area contributed by atoms with Gasteiger partial charge in [-0.05, 0) is 32.4 Å². The number of likely N-dealkylation sites (N-methyl/N-ethyl adjacent to an activating group) is 1. The summed E-state index contributed by atoms with van der Waals surface area (Å²) in [5.74, 6) is 0.398. The maximum Gasteiger partial charge on any atom is 0.260 e. The number of methoxy groups -OCH3 is 1. The van der Waals surface area contributed by atoms with Crippen LogP contribution in [-0.2, 0) is 14.6 Å². The maximum atomic E-state index is 12.5. The van der Waals surface area contributed by atoms with Crippen LogP contribution in [0.5, 0.6) is 11.5 Å². The number of rotatable bonds is 7. The van der Waals surface area contributed by atoms with Crippen molar-refractivity contribution >= 4 is 21.5 Å². The zero-order chi connectivity index (χ0) is 18.6. The molecule has 0 saturated carbocycles. The third-order valence-electron chi connectivity index (χ3n) is 4.23. The van der Waals surface area contributed by atoms with Gasteiger partial charge in [-0.2, -0.15) is 0 Å². The van der Waals surface area contributed by atoms with Crippen molar-refractivity contribution in [2.45, 2.75) is 26.3 Å². The van der Waals surface area contributed by atoms with Crippen LogP contribution in [0.1, 0.15) is 30.6 Å². The second-order valence-electron chi connectivity index (χ2n) is 5.94. The first-order valence-corrected chi connectivity index (χ1v) is 9.91. The van der Waals surface area contributed by atoms with Crippen molar-refractivity contribution in [3.05, 3.63) is 23.8 Å². The summed E-state index contributed by atoms with van der Waals surface area (Å²) in [6.07, 6.45) is 0.444. The van der Waals surface area contributed by atoms with Crippen LogP contribution in [0, 0.1) is 0 Å². The van der Waals surface area contributed by atoms with Gasteiger partial charge in [0.2, 0.25) is 0 Å². The Balaban J connectivity index is 2.09. The maximum absolute atomic E-state index is 12.5. The zero-order valence-corrected chi connectivity index (χ0v) is 15.5. The lowest BCUT2D eigenvalue weighted by molar-refractivity contribution is -0.135. The average Bonchev–Trinajstić information content (AvgIpc) is 2.92. The highest BCUT2D eigenvalue weighted by molar-refractivity contribution is 7.91. The number of ketones is 1. The number of amides is 1. The topological polar surface area (TPSA) is 90.0 Å². The summed E-state index contributed by atoms with van der Waals surface area (Å²) in [4.78, 5) is 25.7. The van der Waals surface area contributed by atoms with Crippen LogP contribution in [0.25, 0.3) is 0 Å². The molecule has 8 heteroatoms. The van der Waals surface area contributed by atoms with Crippen molar-refractivity contribution in [2.24, 2.45) is 0 Å². The first-order chi connectivity index (χ1) is 11.8. The number of hydrogen-bond acceptors (Lipinski definition) is 6. The zero-order valence-electron chi connectivity index (χ0n) is 14.6. The Morgan fingerprint density at radius 2 is 2.04 bits per heavy atom. The second kappa shape index (κ2) is 7.86. The Bertz CT molecular complexity index is 758. The fourth-order valence-electron chi connectivity index (χ4n) is 2.92. The van der Waals surface area contributed by atoms with Gasteiger partial charge in [0.05, 0.1) is 24.2 Å². The van der Waals surface area contributed by atoms with E-state index in [1.54, 1.807) is 25.1 Å². The second-order valence-corrected chi connectivity index (χ2v) is 8.17. The molecule has 1 atom stereocenters. The number of carbonyl (C=O) groups excluding carboxylic acids is 2. The Morgan fingerprint density at radius 1 is 1.32 bits per heavy atom. The van der Waals surface area contributed by atoms with E-state index in [1.807, 2.05) is 0 Å². The number of nitrogens with zero attached hydrogens (tertiary/aromatic N) is 1. The number of sulfone groups is 1. The van der Waals surface area contributed by atoms with Gasteiger partial charge in [-0.25, -0.2) is 8.42 Å². The molecule has 0 aromatic heterocycles. The molecule has 1 aromatic carbocycles. The van der Waals surface area contributed by atoms with Crippen LogP contribution < -0.4 is 9.47 Å². The van der Waals surface area contributed by atoms with E-state index in [-0.39, 0.29) is 41.6 Å². The molecule has 1 saturated heterocycles. The Hall–Kier alpha value is -2.09. The number of ether oxygens (including phenoxy) is 2. The van der Waals surface area contributed by atoms with E-state index in [0.717, 1.165) is 0 Å². The molecule has 25 heavy (non-hydrogen) atoms. The molecule has 1 aromatic rings. The Morgan fingerprint density at radius 3 is 2.56 bits per heavy atom. The molecule has 0 unspecified atom stereocenters. The molecule has 1 aliphatic rings. The molecule has 1 amide bonds. The number of Topliss-reactive ketones (excluding diaryl/α,β-unsaturated/α-hetero) is 1. The third kappa shape index (κ3) is 4.72. The van der Waals surface area contributed by atoms with Crippen molar-refractivity contribution < 1.29 is 27.5 Å². The van der Waals surface area contributed by atoms with E-state index in [0.29, 0.717) is 24.3 Å². The Kier molecular flexibility index (Phi) is 6.05. The van der Waals surface area contributed by atoms with Gasteiger partial charge in [0.1, 0.15) is 11.5 Å². The minimum absolute atomic E-state index is 0.00949. The number of benzene rings is 1. The van der Waals surface area contributed by atoms with Crippen LogP contribution in [0.2, 0.25) is 0 Å². The van der Waals surface area contributed by atoms with Gasteiger partial charge < -0.3 is 14.4 Å². The molecule has 1 fully saturated rings. The van der Waals surface area contributed by atoms with Gasteiger partial charge >= 0.3 is 0 Å². The summed E-state index contributed by atoms with van der Waals surface area (Å²) in [7, 11) is -1.58. The van der Waals surface area contributed by atoms with Crippen molar-refractivity contribution in [3.8, 4) is 11.5 Å². The number of hydrogen-bond donors (Lipinski definition) is 0. The summed E-state index contributed by atoms with van der Waals surface area (Å²) in [6.45, 7) is 3.35. The van der Waals surface area contributed by atoms with Crippen LogP contribution in [0.15, 0.2) is 18.2 Å². The molecule has 1 aliphatic heterocycles. The van der Waals surface area contributed by atoms with E-state index in [9.17, 15) is 18.0 Å². The summed E-state index contributed by atoms with van der Waals surface area (Å²) in [5, 5.41) is 0. The Labute approximate surface area is 147 Å². The highest BCUT2D eigenvalue weighted by Crippen LogP contribution is 2.25. The van der Waals surface area contributed by atoms with Gasteiger partial charge in [0, 0.05) is 18.7 Å². The van der Waals surface area contributed by atoms with Crippen LogP contribution >= 0.6 is 0 Å².